The maximum atomic E-state index is 11.3. The molecule has 114 valence electrons. The van der Waals surface area contributed by atoms with Crippen molar-refractivity contribution in [2.24, 2.45) is 7.05 Å². The topological polar surface area (TPSA) is 113 Å². The molecule has 0 aromatic carbocycles. The number of nitro groups is 1. The standard InChI is InChI=1S/C9H9Cl2N5O4S/c1-5-8(10)6(14(2)12-5)3-15-4-7(21(11,19)20)9(13-15)16(17)18/h4H,3H2,1-2H3. The Balaban J connectivity index is 2.49. The van der Waals surface area contributed by atoms with Crippen LogP contribution in [0.3, 0.4) is 0 Å². The van der Waals surface area contributed by atoms with Gasteiger partial charge in [0.25, 0.3) is 9.05 Å². The van der Waals surface area contributed by atoms with Crippen LogP contribution >= 0.6 is 22.3 Å². The Hall–Kier alpha value is -1.65. The summed E-state index contributed by atoms with van der Waals surface area (Å²) in [6.07, 6.45) is 0.985. The van der Waals surface area contributed by atoms with Crippen molar-refractivity contribution in [3.05, 3.63) is 32.7 Å². The molecule has 0 unspecified atom stereocenters. The van der Waals surface area contributed by atoms with Gasteiger partial charge in [0, 0.05) is 17.7 Å². The van der Waals surface area contributed by atoms with Gasteiger partial charge in [0.15, 0.2) is 0 Å². The minimum absolute atomic E-state index is 0.0173. The molecular formula is C9H9Cl2N5O4S. The third kappa shape index (κ3) is 3.01. The van der Waals surface area contributed by atoms with Crippen molar-refractivity contribution in [3.63, 3.8) is 0 Å². The van der Waals surface area contributed by atoms with Crippen LogP contribution in [-0.4, -0.2) is 32.9 Å². The van der Waals surface area contributed by atoms with Crippen LogP contribution in [0.2, 0.25) is 5.02 Å². The Morgan fingerprint density at radius 2 is 2.05 bits per heavy atom. The lowest BCUT2D eigenvalue weighted by molar-refractivity contribution is -0.392. The van der Waals surface area contributed by atoms with Crippen molar-refractivity contribution in [3.8, 4) is 0 Å². The lowest BCUT2D eigenvalue weighted by Crippen LogP contribution is -2.06. The van der Waals surface area contributed by atoms with E-state index in [-0.39, 0.29) is 6.54 Å². The molecule has 0 amide bonds. The van der Waals surface area contributed by atoms with E-state index in [1.54, 1.807) is 14.0 Å². The highest BCUT2D eigenvalue weighted by atomic mass is 35.7. The van der Waals surface area contributed by atoms with Gasteiger partial charge >= 0.3 is 5.82 Å². The molecule has 0 N–H and O–H groups in total. The smallest absolute Gasteiger partial charge is 0.358 e. The van der Waals surface area contributed by atoms with E-state index in [1.165, 1.54) is 4.68 Å². The molecule has 2 aromatic heterocycles. The maximum Gasteiger partial charge on any atom is 0.410 e. The predicted octanol–water partition coefficient (Wildman–Crippen LogP) is 1.46. The summed E-state index contributed by atoms with van der Waals surface area (Å²) in [5, 5.41) is 18.9. The van der Waals surface area contributed by atoms with Crippen molar-refractivity contribution < 1.29 is 13.3 Å². The van der Waals surface area contributed by atoms with Gasteiger partial charge in [-0.3, -0.25) is 4.68 Å². The zero-order valence-electron chi connectivity index (χ0n) is 10.8. The largest absolute Gasteiger partial charge is 0.410 e. The molecule has 0 aliphatic rings. The molecule has 0 aliphatic carbocycles. The van der Waals surface area contributed by atoms with Crippen LogP contribution in [0.15, 0.2) is 11.1 Å². The summed E-state index contributed by atoms with van der Waals surface area (Å²) in [6.45, 7) is 1.72. The Bertz CT molecular complexity index is 826. The van der Waals surface area contributed by atoms with E-state index in [0.29, 0.717) is 16.4 Å². The fourth-order valence-electron chi connectivity index (χ4n) is 1.78. The molecule has 9 nitrogen and oxygen atoms in total. The average molecular weight is 354 g/mol. The molecule has 2 aromatic rings. The molecule has 21 heavy (non-hydrogen) atoms. The highest BCUT2D eigenvalue weighted by Crippen LogP contribution is 2.26. The first-order valence-electron chi connectivity index (χ1n) is 5.45. The minimum atomic E-state index is -4.27. The summed E-state index contributed by atoms with van der Waals surface area (Å²) in [6, 6.07) is 0. The van der Waals surface area contributed by atoms with Gasteiger partial charge in [-0.2, -0.15) is 9.78 Å². The van der Waals surface area contributed by atoms with Gasteiger partial charge in [-0.05, 0) is 11.8 Å². The van der Waals surface area contributed by atoms with Gasteiger partial charge in [-0.1, -0.05) is 11.6 Å². The van der Waals surface area contributed by atoms with Crippen molar-refractivity contribution in [1.29, 1.82) is 0 Å². The van der Waals surface area contributed by atoms with Gasteiger partial charge in [0.05, 0.1) is 27.7 Å². The third-order valence-electron chi connectivity index (χ3n) is 2.72. The summed E-state index contributed by atoms with van der Waals surface area (Å²) in [4.78, 5) is 9.26. The number of hydrogen-bond donors (Lipinski definition) is 0. The van der Waals surface area contributed by atoms with Gasteiger partial charge < -0.3 is 10.1 Å². The molecule has 2 rings (SSSR count). The second-order valence-electron chi connectivity index (χ2n) is 4.18. The van der Waals surface area contributed by atoms with Crippen LogP contribution in [0.5, 0.6) is 0 Å². The van der Waals surface area contributed by atoms with Crippen LogP contribution in [0, 0.1) is 17.0 Å². The highest BCUT2D eigenvalue weighted by Gasteiger charge is 2.30. The van der Waals surface area contributed by atoms with Gasteiger partial charge in [0.2, 0.25) is 4.90 Å². The second kappa shape index (κ2) is 5.28. The van der Waals surface area contributed by atoms with Gasteiger partial charge in [-0.15, -0.1) is 0 Å². The van der Waals surface area contributed by atoms with E-state index in [9.17, 15) is 18.5 Å². The first-order chi connectivity index (χ1) is 9.61. The number of aryl methyl sites for hydroxylation is 2. The van der Waals surface area contributed by atoms with Crippen molar-refractivity contribution in [1.82, 2.24) is 19.6 Å². The normalized spacial score (nSPS) is 11.8. The van der Waals surface area contributed by atoms with Crippen LogP contribution in [0.4, 0.5) is 5.82 Å². The lowest BCUT2D eigenvalue weighted by Gasteiger charge is -1.99. The lowest BCUT2D eigenvalue weighted by atomic mass is 10.3. The summed E-state index contributed by atoms with van der Waals surface area (Å²) >= 11 is 6.06. The van der Waals surface area contributed by atoms with Gasteiger partial charge in [0.1, 0.15) is 6.54 Å². The molecule has 0 spiro atoms. The Morgan fingerprint density at radius 3 is 2.43 bits per heavy atom. The second-order valence-corrected chi connectivity index (χ2v) is 7.09. The molecule has 12 heteroatoms. The number of aromatic nitrogens is 4. The monoisotopic (exact) mass is 353 g/mol. The Morgan fingerprint density at radius 1 is 1.43 bits per heavy atom. The van der Waals surface area contributed by atoms with E-state index in [4.69, 9.17) is 22.3 Å². The molecule has 0 atom stereocenters. The number of hydrogen-bond acceptors (Lipinski definition) is 6. The summed E-state index contributed by atoms with van der Waals surface area (Å²) in [5.74, 6) is -0.833. The van der Waals surface area contributed by atoms with Crippen LogP contribution < -0.4 is 0 Å². The molecule has 0 aliphatic heterocycles. The van der Waals surface area contributed by atoms with Crippen molar-refractivity contribution in [2.75, 3.05) is 0 Å². The minimum Gasteiger partial charge on any atom is -0.358 e. The fourth-order valence-corrected chi connectivity index (χ4v) is 2.91. The molecule has 0 bridgehead atoms. The van der Waals surface area contributed by atoms with Crippen molar-refractivity contribution >= 4 is 37.2 Å². The SMILES string of the molecule is Cc1nn(C)c(Cn2cc(S(=O)(=O)Cl)c([N+](=O)[O-])n2)c1Cl. The molecule has 0 fully saturated rings. The summed E-state index contributed by atoms with van der Waals surface area (Å²) in [7, 11) is 2.53. The fraction of sp³-hybridized carbons (Fsp3) is 0.333. The zero-order valence-corrected chi connectivity index (χ0v) is 13.1. The first-order valence-corrected chi connectivity index (χ1v) is 8.14. The van der Waals surface area contributed by atoms with Crippen LogP contribution in [0.1, 0.15) is 11.4 Å². The first kappa shape index (κ1) is 15.7. The third-order valence-corrected chi connectivity index (χ3v) is 4.52. The highest BCUT2D eigenvalue weighted by molar-refractivity contribution is 8.13. The van der Waals surface area contributed by atoms with E-state index >= 15 is 0 Å². The van der Waals surface area contributed by atoms with E-state index in [1.807, 2.05) is 0 Å². The predicted molar refractivity (Wildman–Crippen MR) is 74.0 cm³/mol. The Kier molecular flexibility index (Phi) is 3.95. The average Bonchev–Trinajstić information content (AvgIpc) is 2.87. The summed E-state index contributed by atoms with van der Waals surface area (Å²) < 4.78 is 25.2. The molecule has 0 radical (unpaired) electrons. The molecule has 0 saturated heterocycles. The quantitative estimate of drug-likeness (QED) is 0.467. The summed E-state index contributed by atoms with van der Waals surface area (Å²) in [5.41, 5.74) is 1.12. The molecule has 2 heterocycles. The number of nitrogens with zero attached hydrogens (tertiary/aromatic N) is 5. The van der Waals surface area contributed by atoms with E-state index < -0.39 is 24.7 Å². The molecule has 0 saturated carbocycles. The Labute approximate surface area is 128 Å². The number of halogens is 2. The number of rotatable bonds is 4. The van der Waals surface area contributed by atoms with Gasteiger partial charge in [-0.25, -0.2) is 8.42 Å². The van der Waals surface area contributed by atoms with Crippen molar-refractivity contribution in [2.45, 2.75) is 18.4 Å². The van der Waals surface area contributed by atoms with Crippen LogP contribution in [-0.2, 0) is 22.6 Å². The van der Waals surface area contributed by atoms with Crippen LogP contribution in [0.25, 0.3) is 0 Å². The zero-order chi connectivity index (χ0) is 15.9. The molecular weight excluding hydrogens is 345 g/mol. The van der Waals surface area contributed by atoms with E-state index in [2.05, 4.69) is 10.2 Å². The van der Waals surface area contributed by atoms with E-state index in [0.717, 1.165) is 10.9 Å². The maximum absolute atomic E-state index is 11.3.